The van der Waals surface area contributed by atoms with E-state index < -0.39 is 0 Å². The average molecular weight is 225 g/mol. The van der Waals surface area contributed by atoms with Gasteiger partial charge in [-0.3, -0.25) is 0 Å². The van der Waals surface area contributed by atoms with Gasteiger partial charge in [-0.2, -0.15) is 0 Å². The van der Waals surface area contributed by atoms with E-state index in [0.717, 1.165) is 0 Å². The van der Waals surface area contributed by atoms with E-state index in [4.69, 9.17) is 0 Å². The molecule has 0 saturated carbocycles. The van der Waals surface area contributed by atoms with Crippen LogP contribution in [0.4, 0.5) is 0 Å². The highest BCUT2D eigenvalue weighted by Gasteiger charge is 2.02. The third-order valence-corrected chi connectivity index (χ3v) is 3.70. The van der Waals surface area contributed by atoms with Gasteiger partial charge in [0.05, 0.1) is 0 Å². The zero-order valence-electron chi connectivity index (χ0n) is 10.2. The van der Waals surface area contributed by atoms with Crippen LogP contribution in [0.2, 0.25) is 0 Å². The maximum absolute atomic E-state index is 3.57. The molecule has 1 aromatic rings. The minimum absolute atomic E-state index is 0.652. The molecule has 1 rings (SSSR count). The Morgan fingerprint density at radius 3 is 2.80 bits per heavy atom. The van der Waals surface area contributed by atoms with Crippen molar-refractivity contribution < 1.29 is 0 Å². The monoisotopic (exact) mass is 225 g/mol. The minimum Gasteiger partial charge on any atom is -0.314 e. The molecule has 86 valence electrons. The predicted molar refractivity (Wildman–Crippen MR) is 69.7 cm³/mol. The summed E-state index contributed by atoms with van der Waals surface area (Å²) in [5.74, 6) is 0. The van der Waals surface area contributed by atoms with Crippen molar-refractivity contribution in [2.24, 2.45) is 0 Å². The lowest BCUT2D eigenvalue weighted by Gasteiger charge is -2.12. The van der Waals surface area contributed by atoms with Crippen molar-refractivity contribution >= 4 is 11.3 Å². The van der Waals surface area contributed by atoms with Crippen LogP contribution in [0.1, 0.15) is 42.9 Å². The molecule has 0 aliphatic carbocycles. The normalized spacial score (nSPS) is 13.0. The smallest absolute Gasteiger partial charge is 0.00486 e. The standard InChI is InChI=1S/C13H23NS/c1-4-5-10-14-11(2)6-8-13-9-7-12(3)15-13/h7,9,11,14H,4-6,8,10H2,1-3H3. The van der Waals surface area contributed by atoms with Crippen molar-refractivity contribution in [3.8, 4) is 0 Å². The number of nitrogens with one attached hydrogen (secondary N) is 1. The summed E-state index contributed by atoms with van der Waals surface area (Å²) >= 11 is 1.93. The molecule has 0 aromatic carbocycles. The van der Waals surface area contributed by atoms with Gasteiger partial charge in [-0.1, -0.05) is 13.3 Å². The highest BCUT2D eigenvalue weighted by atomic mass is 32.1. The zero-order chi connectivity index (χ0) is 11.1. The first-order chi connectivity index (χ1) is 7.22. The Hall–Kier alpha value is -0.340. The first-order valence-corrected chi connectivity index (χ1v) is 6.82. The quantitative estimate of drug-likeness (QED) is 0.697. The molecular weight excluding hydrogens is 202 g/mol. The van der Waals surface area contributed by atoms with Crippen molar-refractivity contribution in [3.63, 3.8) is 0 Å². The van der Waals surface area contributed by atoms with Crippen molar-refractivity contribution in [2.45, 2.75) is 52.5 Å². The Kier molecular flexibility index (Phi) is 5.96. The fraction of sp³-hybridized carbons (Fsp3) is 0.692. The summed E-state index contributed by atoms with van der Waals surface area (Å²) in [6.45, 7) is 7.87. The number of hydrogen-bond donors (Lipinski definition) is 1. The van der Waals surface area contributed by atoms with Crippen molar-refractivity contribution in [1.29, 1.82) is 0 Å². The molecule has 2 heteroatoms. The van der Waals surface area contributed by atoms with Gasteiger partial charge in [0.15, 0.2) is 0 Å². The molecule has 1 nitrogen and oxygen atoms in total. The van der Waals surface area contributed by atoms with E-state index in [1.807, 2.05) is 11.3 Å². The van der Waals surface area contributed by atoms with Gasteiger partial charge in [-0.05, 0) is 51.8 Å². The first kappa shape index (κ1) is 12.7. The van der Waals surface area contributed by atoms with Gasteiger partial charge < -0.3 is 5.32 Å². The summed E-state index contributed by atoms with van der Waals surface area (Å²) in [5.41, 5.74) is 0. The van der Waals surface area contributed by atoms with Crippen LogP contribution in [0.5, 0.6) is 0 Å². The Bertz CT molecular complexity index is 267. The fourth-order valence-corrected chi connectivity index (χ4v) is 2.51. The van der Waals surface area contributed by atoms with Crippen molar-refractivity contribution in [3.05, 3.63) is 21.9 Å². The summed E-state index contributed by atoms with van der Waals surface area (Å²) in [5, 5.41) is 3.57. The van der Waals surface area contributed by atoms with Gasteiger partial charge in [0.2, 0.25) is 0 Å². The van der Waals surface area contributed by atoms with E-state index in [1.54, 1.807) is 0 Å². The molecule has 15 heavy (non-hydrogen) atoms. The Morgan fingerprint density at radius 2 is 2.20 bits per heavy atom. The van der Waals surface area contributed by atoms with Crippen LogP contribution in [-0.4, -0.2) is 12.6 Å². The van der Waals surface area contributed by atoms with Gasteiger partial charge in [0, 0.05) is 15.8 Å². The van der Waals surface area contributed by atoms with Gasteiger partial charge in [-0.25, -0.2) is 0 Å². The third-order valence-electron chi connectivity index (χ3n) is 2.64. The zero-order valence-corrected chi connectivity index (χ0v) is 11.0. The topological polar surface area (TPSA) is 12.0 Å². The summed E-state index contributed by atoms with van der Waals surface area (Å²) in [7, 11) is 0. The summed E-state index contributed by atoms with van der Waals surface area (Å²) < 4.78 is 0. The lowest BCUT2D eigenvalue weighted by Crippen LogP contribution is -2.27. The molecule has 1 atom stereocenters. The summed E-state index contributed by atoms with van der Waals surface area (Å²) in [4.78, 5) is 2.95. The second-order valence-electron chi connectivity index (χ2n) is 4.26. The van der Waals surface area contributed by atoms with Crippen LogP contribution in [0.15, 0.2) is 12.1 Å². The first-order valence-electron chi connectivity index (χ1n) is 6.01. The van der Waals surface area contributed by atoms with E-state index >= 15 is 0 Å². The van der Waals surface area contributed by atoms with Gasteiger partial charge in [0.25, 0.3) is 0 Å². The maximum Gasteiger partial charge on any atom is 0.00486 e. The minimum atomic E-state index is 0.652. The summed E-state index contributed by atoms with van der Waals surface area (Å²) in [6, 6.07) is 5.13. The van der Waals surface area contributed by atoms with Gasteiger partial charge >= 0.3 is 0 Å². The average Bonchev–Trinajstić information content (AvgIpc) is 2.62. The molecule has 0 amide bonds. The lowest BCUT2D eigenvalue weighted by atomic mass is 10.1. The van der Waals surface area contributed by atoms with Crippen LogP contribution in [0.3, 0.4) is 0 Å². The van der Waals surface area contributed by atoms with Crippen LogP contribution in [0, 0.1) is 6.92 Å². The summed E-state index contributed by atoms with van der Waals surface area (Å²) in [6.07, 6.45) is 5.05. The second-order valence-corrected chi connectivity index (χ2v) is 5.63. The number of aryl methyl sites for hydroxylation is 2. The molecule has 0 fully saturated rings. The van der Waals surface area contributed by atoms with E-state index in [-0.39, 0.29) is 0 Å². The molecule has 1 heterocycles. The Labute approximate surface area is 97.9 Å². The van der Waals surface area contributed by atoms with E-state index in [9.17, 15) is 0 Å². The molecule has 1 aromatic heterocycles. The van der Waals surface area contributed by atoms with Crippen LogP contribution >= 0.6 is 11.3 Å². The van der Waals surface area contributed by atoms with Crippen LogP contribution in [0.25, 0.3) is 0 Å². The number of hydrogen-bond acceptors (Lipinski definition) is 2. The maximum atomic E-state index is 3.57. The molecule has 1 unspecified atom stereocenters. The third kappa shape index (κ3) is 5.33. The number of rotatable bonds is 7. The van der Waals surface area contributed by atoms with Crippen LogP contribution < -0.4 is 5.32 Å². The molecule has 0 spiro atoms. The number of thiophene rings is 1. The SMILES string of the molecule is CCCCNC(C)CCc1ccc(C)s1. The highest BCUT2D eigenvalue weighted by Crippen LogP contribution is 2.17. The molecular formula is C13H23NS. The van der Waals surface area contributed by atoms with Gasteiger partial charge in [0.1, 0.15) is 0 Å². The highest BCUT2D eigenvalue weighted by molar-refractivity contribution is 7.11. The molecule has 0 aliphatic heterocycles. The van der Waals surface area contributed by atoms with Gasteiger partial charge in [-0.15, -0.1) is 11.3 Å². The molecule has 1 N–H and O–H groups in total. The van der Waals surface area contributed by atoms with Crippen molar-refractivity contribution in [2.75, 3.05) is 6.54 Å². The molecule has 0 saturated heterocycles. The second kappa shape index (κ2) is 7.02. The Morgan fingerprint density at radius 1 is 1.40 bits per heavy atom. The molecule has 0 bridgehead atoms. The van der Waals surface area contributed by atoms with E-state index in [1.165, 1.54) is 42.0 Å². The fourth-order valence-electron chi connectivity index (χ4n) is 1.61. The predicted octanol–water partition coefficient (Wildman–Crippen LogP) is 3.77. The van der Waals surface area contributed by atoms with E-state index in [0.29, 0.717) is 6.04 Å². The molecule has 0 aliphatic rings. The van der Waals surface area contributed by atoms with E-state index in [2.05, 4.69) is 38.2 Å². The lowest BCUT2D eigenvalue weighted by molar-refractivity contribution is 0.505. The largest absolute Gasteiger partial charge is 0.314 e. The van der Waals surface area contributed by atoms with Crippen molar-refractivity contribution in [1.82, 2.24) is 5.32 Å². The molecule has 0 radical (unpaired) electrons. The van der Waals surface area contributed by atoms with Crippen LogP contribution in [-0.2, 0) is 6.42 Å². The Balaban J connectivity index is 2.13. The number of unbranched alkanes of at least 4 members (excludes halogenated alkanes) is 1.